The number of piperazine rings is 1. The Balaban J connectivity index is 1.82. The van der Waals surface area contributed by atoms with Crippen LogP contribution in [0.5, 0.6) is 0 Å². The minimum atomic E-state index is 0.274. The van der Waals surface area contributed by atoms with Crippen LogP contribution >= 0.6 is 0 Å². The molecule has 1 aliphatic rings. The summed E-state index contributed by atoms with van der Waals surface area (Å²) in [6.45, 7) is 11.0. The van der Waals surface area contributed by atoms with Crippen molar-refractivity contribution in [1.29, 1.82) is 0 Å². The molecule has 0 bridgehead atoms. The van der Waals surface area contributed by atoms with Crippen LogP contribution in [0, 0.1) is 0 Å². The maximum absolute atomic E-state index is 8.94. The summed E-state index contributed by atoms with van der Waals surface area (Å²) in [6, 6.07) is 9.02. The van der Waals surface area contributed by atoms with Gasteiger partial charge in [0.05, 0.1) is 6.61 Å². The van der Waals surface area contributed by atoms with Crippen molar-refractivity contribution in [3.05, 3.63) is 35.4 Å². The lowest BCUT2D eigenvalue weighted by Crippen LogP contribution is -2.46. The Morgan fingerprint density at radius 3 is 2.11 bits per heavy atom. The van der Waals surface area contributed by atoms with Gasteiger partial charge in [-0.2, -0.15) is 0 Å². The highest BCUT2D eigenvalue weighted by Crippen LogP contribution is 2.16. The topological polar surface area (TPSA) is 26.7 Å². The molecular weight excluding hydrogens is 236 g/mol. The zero-order valence-corrected chi connectivity index (χ0v) is 12.2. The van der Waals surface area contributed by atoms with E-state index < -0.39 is 0 Å². The zero-order chi connectivity index (χ0) is 13.7. The number of nitrogens with zero attached hydrogens (tertiary/aromatic N) is 2. The van der Waals surface area contributed by atoms with E-state index in [2.05, 4.69) is 47.9 Å². The minimum Gasteiger partial charge on any atom is -0.395 e. The van der Waals surface area contributed by atoms with Crippen molar-refractivity contribution in [3.8, 4) is 0 Å². The molecule has 2 rings (SSSR count). The summed E-state index contributed by atoms with van der Waals surface area (Å²) in [5, 5.41) is 8.94. The Morgan fingerprint density at radius 1 is 1.00 bits per heavy atom. The Kier molecular flexibility index (Phi) is 5.37. The molecule has 1 aromatic rings. The van der Waals surface area contributed by atoms with Gasteiger partial charge in [-0.15, -0.1) is 0 Å². The Hall–Kier alpha value is -0.900. The molecule has 0 spiro atoms. The van der Waals surface area contributed by atoms with Gasteiger partial charge < -0.3 is 5.11 Å². The summed E-state index contributed by atoms with van der Waals surface area (Å²) in [5.41, 5.74) is 2.82. The first-order chi connectivity index (χ1) is 9.19. The Morgan fingerprint density at radius 2 is 1.58 bits per heavy atom. The molecule has 0 radical (unpaired) electrons. The molecule has 0 saturated carbocycles. The number of hydrogen-bond acceptors (Lipinski definition) is 3. The van der Waals surface area contributed by atoms with E-state index in [0.717, 1.165) is 39.3 Å². The average Bonchev–Trinajstić information content (AvgIpc) is 2.42. The van der Waals surface area contributed by atoms with Crippen LogP contribution in [-0.4, -0.2) is 54.2 Å². The molecule has 0 atom stereocenters. The van der Waals surface area contributed by atoms with E-state index in [0.29, 0.717) is 5.92 Å². The molecule has 1 heterocycles. The van der Waals surface area contributed by atoms with Gasteiger partial charge in [-0.1, -0.05) is 38.1 Å². The SMILES string of the molecule is CC(C)c1ccc(CN2CCN(CCO)CC2)cc1. The third-order valence-corrected chi connectivity index (χ3v) is 3.93. The van der Waals surface area contributed by atoms with Crippen molar-refractivity contribution in [2.45, 2.75) is 26.3 Å². The third-order valence-electron chi connectivity index (χ3n) is 3.93. The number of hydrogen-bond donors (Lipinski definition) is 1. The lowest BCUT2D eigenvalue weighted by Gasteiger charge is -2.34. The highest BCUT2D eigenvalue weighted by atomic mass is 16.3. The summed E-state index contributed by atoms with van der Waals surface area (Å²) < 4.78 is 0. The second kappa shape index (κ2) is 7.04. The fourth-order valence-electron chi connectivity index (χ4n) is 2.58. The van der Waals surface area contributed by atoms with E-state index in [1.807, 2.05) is 0 Å². The van der Waals surface area contributed by atoms with Crippen LogP contribution in [0.2, 0.25) is 0 Å². The van der Waals surface area contributed by atoms with Crippen molar-refractivity contribution in [3.63, 3.8) is 0 Å². The van der Waals surface area contributed by atoms with Crippen LogP contribution < -0.4 is 0 Å². The molecule has 3 heteroatoms. The molecule has 3 nitrogen and oxygen atoms in total. The van der Waals surface area contributed by atoms with Gasteiger partial charge in [-0.3, -0.25) is 9.80 Å². The summed E-state index contributed by atoms with van der Waals surface area (Å²) >= 11 is 0. The Bertz CT molecular complexity index is 367. The number of β-amino-alcohol motifs (C(OH)–C–C–N with tert-alkyl or cyclic N) is 1. The molecule has 19 heavy (non-hydrogen) atoms. The van der Waals surface area contributed by atoms with E-state index >= 15 is 0 Å². The van der Waals surface area contributed by atoms with Crippen LogP contribution in [0.3, 0.4) is 0 Å². The van der Waals surface area contributed by atoms with Crippen LogP contribution in [0.1, 0.15) is 30.9 Å². The molecule has 1 fully saturated rings. The van der Waals surface area contributed by atoms with Crippen LogP contribution in [-0.2, 0) is 6.54 Å². The lowest BCUT2D eigenvalue weighted by atomic mass is 10.0. The molecule has 0 aliphatic carbocycles. The molecule has 0 unspecified atom stereocenters. The van der Waals surface area contributed by atoms with Crippen molar-refractivity contribution in [2.24, 2.45) is 0 Å². The summed E-state index contributed by atoms with van der Waals surface area (Å²) in [4.78, 5) is 4.83. The molecule has 0 amide bonds. The second-order valence-electron chi connectivity index (χ2n) is 5.74. The number of rotatable bonds is 5. The Labute approximate surface area is 116 Å². The lowest BCUT2D eigenvalue weighted by molar-refractivity contribution is 0.108. The molecule has 0 aromatic heterocycles. The highest BCUT2D eigenvalue weighted by molar-refractivity contribution is 5.24. The molecule has 1 aromatic carbocycles. The molecule has 1 N–H and O–H groups in total. The van der Waals surface area contributed by atoms with Gasteiger partial charge in [-0.05, 0) is 17.0 Å². The van der Waals surface area contributed by atoms with Crippen LogP contribution in [0.25, 0.3) is 0 Å². The van der Waals surface area contributed by atoms with Gasteiger partial charge in [0.25, 0.3) is 0 Å². The molecule has 1 saturated heterocycles. The fraction of sp³-hybridized carbons (Fsp3) is 0.625. The number of benzene rings is 1. The predicted molar refractivity (Wildman–Crippen MR) is 79.3 cm³/mol. The van der Waals surface area contributed by atoms with Gasteiger partial charge >= 0.3 is 0 Å². The van der Waals surface area contributed by atoms with E-state index in [4.69, 9.17) is 5.11 Å². The molecular formula is C16H26N2O. The van der Waals surface area contributed by atoms with E-state index in [1.54, 1.807) is 0 Å². The second-order valence-corrected chi connectivity index (χ2v) is 5.74. The van der Waals surface area contributed by atoms with Crippen LogP contribution in [0.4, 0.5) is 0 Å². The largest absolute Gasteiger partial charge is 0.395 e. The van der Waals surface area contributed by atoms with Crippen molar-refractivity contribution < 1.29 is 5.11 Å². The summed E-state index contributed by atoms with van der Waals surface area (Å²) in [6.07, 6.45) is 0. The summed E-state index contributed by atoms with van der Waals surface area (Å²) in [7, 11) is 0. The van der Waals surface area contributed by atoms with Gasteiger partial charge in [0.1, 0.15) is 0 Å². The van der Waals surface area contributed by atoms with Crippen molar-refractivity contribution in [1.82, 2.24) is 9.80 Å². The maximum atomic E-state index is 8.94. The smallest absolute Gasteiger partial charge is 0.0558 e. The maximum Gasteiger partial charge on any atom is 0.0558 e. The van der Waals surface area contributed by atoms with Gasteiger partial charge in [0, 0.05) is 39.3 Å². The standard InChI is InChI=1S/C16H26N2O/c1-14(2)16-5-3-15(4-6-16)13-18-9-7-17(8-10-18)11-12-19/h3-6,14,19H,7-13H2,1-2H3. The fourth-order valence-corrected chi connectivity index (χ4v) is 2.58. The average molecular weight is 262 g/mol. The number of aliphatic hydroxyl groups excluding tert-OH is 1. The van der Waals surface area contributed by atoms with E-state index in [1.165, 1.54) is 11.1 Å². The highest BCUT2D eigenvalue weighted by Gasteiger charge is 2.16. The van der Waals surface area contributed by atoms with Crippen LogP contribution in [0.15, 0.2) is 24.3 Å². The zero-order valence-electron chi connectivity index (χ0n) is 12.2. The molecule has 1 aliphatic heterocycles. The number of aliphatic hydroxyl groups is 1. The van der Waals surface area contributed by atoms with Crippen molar-refractivity contribution >= 4 is 0 Å². The first kappa shape index (κ1) is 14.5. The van der Waals surface area contributed by atoms with Gasteiger partial charge in [0.15, 0.2) is 0 Å². The third kappa shape index (κ3) is 4.30. The van der Waals surface area contributed by atoms with Gasteiger partial charge in [0.2, 0.25) is 0 Å². The molecule has 106 valence electrons. The monoisotopic (exact) mass is 262 g/mol. The van der Waals surface area contributed by atoms with E-state index in [9.17, 15) is 0 Å². The van der Waals surface area contributed by atoms with Crippen molar-refractivity contribution in [2.75, 3.05) is 39.3 Å². The summed E-state index contributed by atoms with van der Waals surface area (Å²) in [5.74, 6) is 0.607. The predicted octanol–water partition coefficient (Wildman–Crippen LogP) is 1.92. The van der Waals surface area contributed by atoms with Gasteiger partial charge in [-0.25, -0.2) is 0 Å². The minimum absolute atomic E-state index is 0.274. The normalized spacial score (nSPS) is 18.1. The first-order valence-electron chi connectivity index (χ1n) is 7.33. The quantitative estimate of drug-likeness (QED) is 0.878. The first-order valence-corrected chi connectivity index (χ1v) is 7.33. The van der Waals surface area contributed by atoms with E-state index in [-0.39, 0.29) is 6.61 Å².